The summed E-state index contributed by atoms with van der Waals surface area (Å²) in [4.78, 5) is 0. The third-order valence-electron chi connectivity index (χ3n) is 4.36. The minimum absolute atomic E-state index is 0.305. The number of hydrogen-bond donors (Lipinski definition) is 1. The Labute approximate surface area is 133 Å². The number of halogens is 1. The average Bonchev–Trinajstić information content (AvgIpc) is 3.11. The number of methoxy groups -OCH3 is 1. The number of nitrogens with one attached hydrogen (secondary N) is 1. The van der Waals surface area contributed by atoms with Gasteiger partial charge in [0.25, 0.3) is 0 Å². The van der Waals surface area contributed by atoms with Crippen LogP contribution in [-0.4, -0.2) is 30.0 Å². The molecule has 1 saturated carbocycles. The van der Waals surface area contributed by atoms with Crippen LogP contribution < -0.4 is 5.32 Å². The standard InChI is InChI=1S/C16H28ClN3O/c1-3-8-18-15(11-13-6-4-5-7-13)16-14(17)12-19-20(16)9-10-21-2/h12-13,15,18H,3-11H2,1-2H3. The van der Waals surface area contributed by atoms with E-state index in [-0.39, 0.29) is 0 Å². The third kappa shape index (κ3) is 4.70. The quantitative estimate of drug-likeness (QED) is 0.753. The molecule has 120 valence electrons. The molecule has 1 fully saturated rings. The van der Waals surface area contributed by atoms with Crippen LogP contribution in [0.25, 0.3) is 0 Å². The molecule has 1 aliphatic rings. The van der Waals surface area contributed by atoms with E-state index in [1.165, 1.54) is 32.1 Å². The summed E-state index contributed by atoms with van der Waals surface area (Å²) >= 11 is 6.42. The fourth-order valence-corrected chi connectivity index (χ4v) is 3.54. The molecule has 0 aromatic carbocycles. The van der Waals surface area contributed by atoms with Crippen LogP contribution in [0.15, 0.2) is 6.20 Å². The van der Waals surface area contributed by atoms with Crippen molar-refractivity contribution in [3.05, 3.63) is 16.9 Å². The van der Waals surface area contributed by atoms with Crippen molar-refractivity contribution in [2.45, 2.75) is 58.0 Å². The lowest BCUT2D eigenvalue weighted by Gasteiger charge is -2.23. The van der Waals surface area contributed by atoms with Gasteiger partial charge in [-0.05, 0) is 25.3 Å². The topological polar surface area (TPSA) is 39.1 Å². The predicted molar refractivity (Wildman–Crippen MR) is 86.7 cm³/mol. The maximum atomic E-state index is 6.42. The fourth-order valence-electron chi connectivity index (χ4n) is 3.26. The molecule has 1 N–H and O–H groups in total. The highest BCUT2D eigenvalue weighted by molar-refractivity contribution is 6.31. The van der Waals surface area contributed by atoms with Gasteiger partial charge in [-0.15, -0.1) is 0 Å². The van der Waals surface area contributed by atoms with E-state index < -0.39 is 0 Å². The van der Waals surface area contributed by atoms with Crippen LogP contribution in [0.3, 0.4) is 0 Å². The summed E-state index contributed by atoms with van der Waals surface area (Å²) in [7, 11) is 1.72. The second-order valence-electron chi connectivity index (χ2n) is 5.99. The van der Waals surface area contributed by atoms with Gasteiger partial charge < -0.3 is 10.1 Å². The molecule has 5 heteroatoms. The molecule has 1 heterocycles. The molecule has 0 saturated heterocycles. The lowest BCUT2D eigenvalue weighted by atomic mass is 9.96. The first-order chi connectivity index (χ1) is 10.3. The fraction of sp³-hybridized carbons (Fsp3) is 0.812. The van der Waals surface area contributed by atoms with Crippen molar-refractivity contribution in [2.24, 2.45) is 5.92 Å². The van der Waals surface area contributed by atoms with Crippen LogP contribution in [0.1, 0.15) is 57.2 Å². The highest BCUT2D eigenvalue weighted by atomic mass is 35.5. The Hall–Kier alpha value is -0.580. The van der Waals surface area contributed by atoms with Crippen LogP contribution in [0, 0.1) is 5.92 Å². The van der Waals surface area contributed by atoms with Crippen LogP contribution in [-0.2, 0) is 11.3 Å². The first-order valence-corrected chi connectivity index (χ1v) is 8.57. The van der Waals surface area contributed by atoms with Gasteiger partial charge in [0.2, 0.25) is 0 Å². The Morgan fingerprint density at radius 2 is 2.24 bits per heavy atom. The Balaban J connectivity index is 2.11. The van der Waals surface area contributed by atoms with Crippen molar-refractivity contribution in [3.63, 3.8) is 0 Å². The van der Waals surface area contributed by atoms with Gasteiger partial charge >= 0.3 is 0 Å². The minimum atomic E-state index is 0.305. The number of ether oxygens (including phenoxy) is 1. The normalized spacial score (nSPS) is 17.5. The first kappa shape index (κ1) is 16.8. The highest BCUT2D eigenvalue weighted by Crippen LogP contribution is 2.35. The van der Waals surface area contributed by atoms with Crippen LogP contribution in [0.4, 0.5) is 0 Å². The summed E-state index contributed by atoms with van der Waals surface area (Å²) in [5, 5.41) is 8.87. The minimum Gasteiger partial charge on any atom is -0.383 e. The average molecular weight is 314 g/mol. The maximum Gasteiger partial charge on any atom is 0.0834 e. The van der Waals surface area contributed by atoms with Crippen molar-refractivity contribution in [3.8, 4) is 0 Å². The summed E-state index contributed by atoms with van der Waals surface area (Å²) in [5.74, 6) is 0.821. The van der Waals surface area contributed by atoms with E-state index in [1.807, 2.05) is 4.68 Å². The zero-order chi connectivity index (χ0) is 15.1. The molecule has 4 nitrogen and oxygen atoms in total. The van der Waals surface area contributed by atoms with E-state index >= 15 is 0 Å². The molecule has 0 bridgehead atoms. The Kier molecular flexibility index (Phi) is 7.00. The number of nitrogens with zero attached hydrogens (tertiary/aromatic N) is 2. The molecule has 1 aliphatic carbocycles. The SMILES string of the molecule is CCCNC(CC1CCCC1)c1c(Cl)cnn1CCOC. The predicted octanol–water partition coefficient (Wildman–Crippen LogP) is 3.80. The number of rotatable bonds is 9. The van der Waals surface area contributed by atoms with Gasteiger partial charge in [-0.3, -0.25) is 4.68 Å². The zero-order valence-corrected chi connectivity index (χ0v) is 14.0. The van der Waals surface area contributed by atoms with Gasteiger partial charge in [0.05, 0.1) is 36.1 Å². The van der Waals surface area contributed by atoms with Gasteiger partial charge in [-0.25, -0.2) is 0 Å². The van der Waals surface area contributed by atoms with Gasteiger partial charge in [0, 0.05) is 7.11 Å². The zero-order valence-electron chi connectivity index (χ0n) is 13.3. The smallest absolute Gasteiger partial charge is 0.0834 e. The second-order valence-corrected chi connectivity index (χ2v) is 6.39. The van der Waals surface area contributed by atoms with Gasteiger partial charge in [0.1, 0.15) is 0 Å². The Morgan fingerprint density at radius 3 is 2.90 bits per heavy atom. The van der Waals surface area contributed by atoms with E-state index in [0.717, 1.165) is 36.1 Å². The maximum absolute atomic E-state index is 6.42. The highest BCUT2D eigenvalue weighted by Gasteiger charge is 2.25. The molecule has 0 radical (unpaired) electrons. The summed E-state index contributed by atoms with van der Waals surface area (Å²) in [5.41, 5.74) is 1.13. The summed E-state index contributed by atoms with van der Waals surface area (Å²) in [6, 6.07) is 0.305. The molecule has 0 spiro atoms. The first-order valence-electron chi connectivity index (χ1n) is 8.19. The Bertz CT molecular complexity index is 416. The molecular formula is C16H28ClN3O. The largest absolute Gasteiger partial charge is 0.383 e. The van der Waals surface area contributed by atoms with Crippen LogP contribution in [0.5, 0.6) is 0 Å². The van der Waals surface area contributed by atoms with Gasteiger partial charge in [-0.1, -0.05) is 44.2 Å². The molecule has 1 aromatic rings. The molecule has 1 atom stereocenters. The van der Waals surface area contributed by atoms with Crippen LogP contribution in [0.2, 0.25) is 5.02 Å². The molecular weight excluding hydrogens is 286 g/mol. The Morgan fingerprint density at radius 1 is 1.48 bits per heavy atom. The van der Waals surface area contributed by atoms with E-state index in [9.17, 15) is 0 Å². The van der Waals surface area contributed by atoms with Crippen LogP contribution >= 0.6 is 11.6 Å². The monoisotopic (exact) mass is 313 g/mol. The van der Waals surface area contributed by atoms with Crippen molar-refractivity contribution < 1.29 is 4.74 Å². The molecule has 0 aliphatic heterocycles. The lowest BCUT2D eigenvalue weighted by molar-refractivity contribution is 0.181. The van der Waals surface area contributed by atoms with E-state index in [0.29, 0.717) is 12.6 Å². The van der Waals surface area contributed by atoms with E-state index in [2.05, 4.69) is 17.3 Å². The second kappa shape index (κ2) is 8.76. The molecule has 21 heavy (non-hydrogen) atoms. The van der Waals surface area contributed by atoms with Gasteiger partial charge in [0.15, 0.2) is 0 Å². The van der Waals surface area contributed by atoms with Gasteiger partial charge in [-0.2, -0.15) is 5.10 Å². The van der Waals surface area contributed by atoms with E-state index in [4.69, 9.17) is 16.3 Å². The third-order valence-corrected chi connectivity index (χ3v) is 4.65. The van der Waals surface area contributed by atoms with E-state index in [1.54, 1.807) is 13.3 Å². The van der Waals surface area contributed by atoms with Crippen molar-refractivity contribution >= 4 is 11.6 Å². The molecule has 1 unspecified atom stereocenters. The summed E-state index contributed by atoms with van der Waals surface area (Å²) in [6.45, 7) is 4.63. The van der Waals surface area contributed by atoms with Crippen molar-refractivity contribution in [2.75, 3.05) is 20.3 Å². The molecule has 0 amide bonds. The molecule has 1 aromatic heterocycles. The van der Waals surface area contributed by atoms with Crippen molar-refractivity contribution in [1.82, 2.24) is 15.1 Å². The van der Waals surface area contributed by atoms with Crippen molar-refractivity contribution in [1.29, 1.82) is 0 Å². The lowest BCUT2D eigenvalue weighted by Crippen LogP contribution is -2.27. The summed E-state index contributed by atoms with van der Waals surface area (Å²) < 4.78 is 7.19. The number of aromatic nitrogens is 2. The number of hydrogen-bond acceptors (Lipinski definition) is 3. The molecule has 2 rings (SSSR count). The summed E-state index contributed by atoms with van der Waals surface area (Å²) in [6.07, 6.45) is 9.52.